The molecule has 0 aromatic carbocycles. The fourth-order valence-corrected chi connectivity index (χ4v) is 2.98. The Labute approximate surface area is 181 Å². The highest BCUT2D eigenvalue weighted by Gasteiger charge is 2.27. The van der Waals surface area contributed by atoms with Crippen LogP contribution in [-0.2, 0) is 14.3 Å². The number of hydrogen-bond acceptors (Lipinski definition) is 4. The van der Waals surface area contributed by atoms with Crippen LogP contribution >= 0.6 is 24.0 Å². The lowest BCUT2D eigenvalue weighted by molar-refractivity contribution is -0.140. The van der Waals surface area contributed by atoms with Crippen molar-refractivity contribution < 1.29 is 14.3 Å². The minimum absolute atomic E-state index is 0. The molecule has 1 amide bonds. The van der Waals surface area contributed by atoms with Crippen molar-refractivity contribution in [2.24, 2.45) is 10.9 Å². The molecule has 7 nitrogen and oxygen atoms in total. The molecule has 0 bridgehead atoms. The Kier molecular flexibility index (Phi) is 14.3. The second kappa shape index (κ2) is 14.9. The predicted molar refractivity (Wildman–Crippen MR) is 119 cm³/mol. The van der Waals surface area contributed by atoms with Crippen molar-refractivity contribution in [2.45, 2.75) is 65.3 Å². The minimum atomic E-state index is -0.136. The van der Waals surface area contributed by atoms with Crippen molar-refractivity contribution in [3.8, 4) is 0 Å². The first kappa shape index (κ1) is 25.9. The van der Waals surface area contributed by atoms with E-state index in [0.717, 1.165) is 64.2 Å². The van der Waals surface area contributed by atoms with Crippen molar-refractivity contribution in [2.75, 3.05) is 33.3 Å². The Morgan fingerprint density at radius 1 is 1.22 bits per heavy atom. The Balaban J connectivity index is 0.00000676. The zero-order valence-electron chi connectivity index (χ0n) is 17.3. The zero-order valence-corrected chi connectivity index (χ0v) is 19.6. The van der Waals surface area contributed by atoms with E-state index in [9.17, 15) is 9.59 Å². The topological polar surface area (TPSA) is 83.0 Å². The van der Waals surface area contributed by atoms with Gasteiger partial charge in [-0.1, -0.05) is 26.7 Å². The number of unbranched alkanes of at least 4 members (excludes halogenated alkanes) is 3. The lowest BCUT2D eigenvalue weighted by atomic mass is 10.1. The van der Waals surface area contributed by atoms with Gasteiger partial charge >= 0.3 is 5.97 Å². The number of carbonyl (C=O) groups is 2. The standard InChI is InChI=1S/C19H36N4O3.HI/c1-5-20-19(21-12-9-7-6-8-10-17(24)26-4)22-16-11-13-23(14-16)18(25)15(2)3;/h15-16H,5-14H2,1-4H3,(H2,20,21,22);1H. The molecule has 1 fully saturated rings. The molecule has 0 aromatic rings. The van der Waals surface area contributed by atoms with Crippen molar-refractivity contribution in [1.29, 1.82) is 0 Å². The fourth-order valence-electron chi connectivity index (χ4n) is 2.98. The molecule has 1 rings (SSSR count). The van der Waals surface area contributed by atoms with E-state index >= 15 is 0 Å². The number of amides is 1. The van der Waals surface area contributed by atoms with Gasteiger partial charge in [0, 0.05) is 44.6 Å². The molecule has 8 heteroatoms. The monoisotopic (exact) mass is 496 g/mol. The number of nitrogens with one attached hydrogen (secondary N) is 2. The fraction of sp³-hybridized carbons (Fsp3) is 0.842. The number of guanidine groups is 1. The number of ether oxygens (including phenoxy) is 1. The molecule has 27 heavy (non-hydrogen) atoms. The molecular formula is C19H37IN4O3. The summed E-state index contributed by atoms with van der Waals surface area (Å²) in [4.78, 5) is 29.7. The van der Waals surface area contributed by atoms with Crippen LogP contribution in [0.2, 0.25) is 0 Å². The largest absolute Gasteiger partial charge is 0.469 e. The normalized spacial score (nSPS) is 16.9. The minimum Gasteiger partial charge on any atom is -0.469 e. The molecule has 1 aliphatic heterocycles. The van der Waals surface area contributed by atoms with Crippen LogP contribution in [0.15, 0.2) is 4.99 Å². The molecule has 1 aliphatic rings. The number of halogens is 1. The van der Waals surface area contributed by atoms with E-state index in [1.165, 1.54) is 7.11 Å². The molecule has 0 spiro atoms. The number of methoxy groups -OCH3 is 1. The summed E-state index contributed by atoms with van der Waals surface area (Å²) in [5.41, 5.74) is 0. The van der Waals surface area contributed by atoms with Gasteiger partial charge in [0.05, 0.1) is 7.11 Å². The van der Waals surface area contributed by atoms with E-state index in [1.54, 1.807) is 0 Å². The first-order valence-corrected chi connectivity index (χ1v) is 9.88. The van der Waals surface area contributed by atoms with Crippen LogP contribution in [0, 0.1) is 5.92 Å². The number of esters is 1. The van der Waals surface area contributed by atoms with Crippen LogP contribution in [0.1, 0.15) is 59.3 Å². The van der Waals surface area contributed by atoms with Gasteiger partial charge in [0.2, 0.25) is 5.91 Å². The van der Waals surface area contributed by atoms with E-state index < -0.39 is 0 Å². The molecule has 158 valence electrons. The first-order chi connectivity index (χ1) is 12.5. The van der Waals surface area contributed by atoms with E-state index in [-0.39, 0.29) is 47.8 Å². The number of carbonyl (C=O) groups excluding carboxylic acids is 2. The highest BCUT2D eigenvalue weighted by atomic mass is 127. The summed E-state index contributed by atoms with van der Waals surface area (Å²) in [7, 11) is 1.43. The number of aliphatic imine (C=N–C) groups is 1. The summed E-state index contributed by atoms with van der Waals surface area (Å²) in [6, 6.07) is 0.260. The first-order valence-electron chi connectivity index (χ1n) is 9.88. The second-order valence-electron chi connectivity index (χ2n) is 7.07. The summed E-state index contributed by atoms with van der Waals surface area (Å²) in [5.74, 6) is 0.965. The molecule has 1 unspecified atom stereocenters. The van der Waals surface area contributed by atoms with Crippen LogP contribution in [0.5, 0.6) is 0 Å². The summed E-state index contributed by atoms with van der Waals surface area (Å²) in [6.07, 6.45) is 5.40. The van der Waals surface area contributed by atoms with E-state index in [4.69, 9.17) is 0 Å². The summed E-state index contributed by atoms with van der Waals surface area (Å²) >= 11 is 0. The maximum absolute atomic E-state index is 12.1. The number of likely N-dealkylation sites (tertiary alicyclic amines) is 1. The summed E-state index contributed by atoms with van der Waals surface area (Å²) < 4.78 is 4.63. The van der Waals surface area contributed by atoms with Gasteiger partial charge in [-0.15, -0.1) is 24.0 Å². The van der Waals surface area contributed by atoms with Gasteiger partial charge in [-0.05, 0) is 26.2 Å². The molecule has 0 aromatic heterocycles. The molecular weight excluding hydrogens is 459 g/mol. The third kappa shape index (κ3) is 10.8. The Hall–Kier alpha value is -1.06. The third-order valence-corrected chi connectivity index (χ3v) is 4.47. The Morgan fingerprint density at radius 3 is 2.56 bits per heavy atom. The molecule has 2 N–H and O–H groups in total. The van der Waals surface area contributed by atoms with E-state index in [0.29, 0.717) is 6.42 Å². The Morgan fingerprint density at radius 2 is 1.93 bits per heavy atom. The molecule has 1 saturated heterocycles. The lowest BCUT2D eigenvalue weighted by Gasteiger charge is -2.20. The summed E-state index contributed by atoms with van der Waals surface area (Å²) in [6.45, 7) is 9.07. The SMILES string of the molecule is CCNC(=NCCCCCCC(=O)OC)NC1CCN(C(=O)C(C)C)C1.I. The highest BCUT2D eigenvalue weighted by Crippen LogP contribution is 2.12. The van der Waals surface area contributed by atoms with Crippen molar-refractivity contribution in [1.82, 2.24) is 15.5 Å². The predicted octanol–water partition coefficient (Wildman–Crippen LogP) is 2.54. The van der Waals surface area contributed by atoms with Crippen LogP contribution in [0.4, 0.5) is 0 Å². The molecule has 1 heterocycles. The maximum atomic E-state index is 12.1. The average molecular weight is 496 g/mol. The van der Waals surface area contributed by atoms with Gasteiger partial charge in [0.25, 0.3) is 0 Å². The zero-order chi connectivity index (χ0) is 19.4. The summed E-state index contributed by atoms with van der Waals surface area (Å²) in [5, 5.41) is 6.72. The van der Waals surface area contributed by atoms with Crippen molar-refractivity contribution in [3.05, 3.63) is 0 Å². The van der Waals surface area contributed by atoms with Crippen molar-refractivity contribution >= 4 is 41.8 Å². The molecule has 0 saturated carbocycles. The third-order valence-electron chi connectivity index (χ3n) is 4.47. The van der Waals surface area contributed by atoms with E-state index in [1.807, 2.05) is 25.7 Å². The maximum Gasteiger partial charge on any atom is 0.305 e. The van der Waals surface area contributed by atoms with Gasteiger partial charge in [-0.2, -0.15) is 0 Å². The molecule has 1 atom stereocenters. The second-order valence-corrected chi connectivity index (χ2v) is 7.07. The van der Waals surface area contributed by atoms with Gasteiger partial charge < -0.3 is 20.3 Å². The van der Waals surface area contributed by atoms with Crippen LogP contribution in [0.3, 0.4) is 0 Å². The quantitative estimate of drug-likeness (QED) is 0.160. The van der Waals surface area contributed by atoms with Crippen LogP contribution in [0.25, 0.3) is 0 Å². The van der Waals surface area contributed by atoms with Gasteiger partial charge in [0.15, 0.2) is 5.96 Å². The molecule has 0 aliphatic carbocycles. The molecule has 0 radical (unpaired) electrons. The van der Waals surface area contributed by atoms with E-state index in [2.05, 4.69) is 20.4 Å². The van der Waals surface area contributed by atoms with Crippen LogP contribution < -0.4 is 10.6 Å². The van der Waals surface area contributed by atoms with Crippen molar-refractivity contribution in [3.63, 3.8) is 0 Å². The highest BCUT2D eigenvalue weighted by molar-refractivity contribution is 14.0. The smallest absolute Gasteiger partial charge is 0.305 e. The van der Waals surface area contributed by atoms with Gasteiger partial charge in [0.1, 0.15) is 0 Å². The number of rotatable bonds is 10. The number of hydrogen-bond donors (Lipinski definition) is 2. The average Bonchev–Trinajstić information content (AvgIpc) is 3.08. The number of nitrogens with zero attached hydrogens (tertiary/aromatic N) is 2. The lowest BCUT2D eigenvalue weighted by Crippen LogP contribution is -2.45. The van der Waals surface area contributed by atoms with Gasteiger partial charge in [-0.3, -0.25) is 14.6 Å². The van der Waals surface area contributed by atoms with Crippen LogP contribution in [-0.4, -0.2) is 62.1 Å². The Bertz CT molecular complexity index is 472. The van der Waals surface area contributed by atoms with Gasteiger partial charge in [-0.25, -0.2) is 0 Å².